The van der Waals surface area contributed by atoms with E-state index in [1.54, 1.807) is 50.5 Å². The normalized spacial score (nSPS) is 18.5. The average molecular weight is 653 g/mol. The number of anilines is 1. The zero-order valence-electron chi connectivity index (χ0n) is 28.3. The Morgan fingerprint density at radius 2 is 1.65 bits per heavy atom. The van der Waals surface area contributed by atoms with Crippen molar-refractivity contribution in [3.8, 4) is 22.6 Å². The SMILES string of the molecule is COC(=O)c1ccc(N2CCC3(CC2)CC(N2CCN(Cc4cc(OC)c(-c5cn(C)c(=O)c6cnccc56)cc4OC)CC2)C3)cn1. The number of esters is 1. The third kappa shape index (κ3) is 6.01. The summed E-state index contributed by atoms with van der Waals surface area (Å²) in [5, 5.41) is 1.41. The lowest BCUT2D eigenvalue weighted by Crippen LogP contribution is -2.59. The van der Waals surface area contributed by atoms with E-state index in [2.05, 4.69) is 30.7 Å². The van der Waals surface area contributed by atoms with Gasteiger partial charge in [-0.15, -0.1) is 0 Å². The quantitative estimate of drug-likeness (QED) is 0.255. The highest BCUT2D eigenvalue weighted by atomic mass is 16.5. The molecule has 3 aromatic heterocycles. The van der Waals surface area contributed by atoms with Crippen molar-refractivity contribution >= 4 is 22.4 Å². The number of benzene rings is 1. The van der Waals surface area contributed by atoms with Gasteiger partial charge in [0.05, 0.1) is 38.6 Å². The lowest BCUT2D eigenvalue weighted by molar-refractivity contribution is -0.0356. The molecule has 1 spiro atoms. The van der Waals surface area contributed by atoms with Crippen molar-refractivity contribution in [3.05, 3.63) is 76.7 Å². The van der Waals surface area contributed by atoms with Gasteiger partial charge in [0.1, 0.15) is 17.2 Å². The van der Waals surface area contributed by atoms with Crippen LogP contribution in [0.25, 0.3) is 21.9 Å². The van der Waals surface area contributed by atoms with E-state index in [-0.39, 0.29) is 5.56 Å². The van der Waals surface area contributed by atoms with Crippen LogP contribution in [0, 0.1) is 5.41 Å². The number of carbonyl (C=O) groups excluding carboxylic acids is 1. The predicted molar refractivity (Wildman–Crippen MR) is 185 cm³/mol. The van der Waals surface area contributed by atoms with Crippen LogP contribution in [0.4, 0.5) is 5.69 Å². The van der Waals surface area contributed by atoms with Crippen LogP contribution in [0.1, 0.15) is 41.7 Å². The molecule has 5 heterocycles. The van der Waals surface area contributed by atoms with Gasteiger partial charge in [0.25, 0.3) is 5.56 Å². The van der Waals surface area contributed by atoms with Gasteiger partial charge >= 0.3 is 5.97 Å². The van der Waals surface area contributed by atoms with Crippen molar-refractivity contribution < 1.29 is 19.0 Å². The second kappa shape index (κ2) is 13.2. The van der Waals surface area contributed by atoms with E-state index in [0.717, 1.165) is 85.1 Å². The molecule has 48 heavy (non-hydrogen) atoms. The van der Waals surface area contributed by atoms with E-state index in [9.17, 15) is 9.59 Å². The molecule has 0 radical (unpaired) electrons. The Bertz CT molecular complexity index is 1850. The molecule has 1 saturated carbocycles. The molecule has 11 heteroatoms. The van der Waals surface area contributed by atoms with Gasteiger partial charge in [0, 0.05) is 94.2 Å². The fraction of sp³-hybridized carbons (Fsp3) is 0.459. The number of methoxy groups -OCH3 is 3. The lowest BCUT2D eigenvalue weighted by Gasteiger charge is -2.56. The van der Waals surface area contributed by atoms with E-state index >= 15 is 0 Å². The Kier molecular flexibility index (Phi) is 8.82. The summed E-state index contributed by atoms with van der Waals surface area (Å²) in [5.74, 6) is 1.16. The number of fused-ring (bicyclic) bond motifs is 1. The second-order valence-electron chi connectivity index (χ2n) is 13.5. The first kappa shape index (κ1) is 32.1. The molecule has 1 aliphatic carbocycles. The molecule has 252 valence electrons. The molecular formula is C37H44N6O5. The molecule has 0 bridgehead atoms. The average Bonchev–Trinajstić information content (AvgIpc) is 3.12. The summed E-state index contributed by atoms with van der Waals surface area (Å²) < 4.78 is 18.2. The van der Waals surface area contributed by atoms with Crippen molar-refractivity contribution in [2.75, 3.05) is 65.5 Å². The predicted octanol–water partition coefficient (Wildman–Crippen LogP) is 4.37. The summed E-state index contributed by atoms with van der Waals surface area (Å²) >= 11 is 0. The van der Waals surface area contributed by atoms with Crippen LogP contribution in [-0.2, 0) is 18.3 Å². The Hall–Kier alpha value is -4.48. The van der Waals surface area contributed by atoms with Gasteiger partial charge in [-0.3, -0.25) is 19.6 Å². The van der Waals surface area contributed by atoms with E-state index in [4.69, 9.17) is 14.2 Å². The lowest BCUT2D eigenvalue weighted by atomic mass is 9.60. The van der Waals surface area contributed by atoms with E-state index < -0.39 is 5.97 Å². The summed E-state index contributed by atoms with van der Waals surface area (Å²) in [6.07, 6.45) is 11.9. The first-order valence-electron chi connectivity index (χ1n) is 16.8. The van der Waals surface area contributed by atoms with Crippen LogP contribution in [0.3, 0.4) is 0 Å². The first-order chi connectivity index (χ1) is 23.3. The monoisotopic (exact) mass is 652 g/mol. The van der Waals surface area contributed by atoms with Crippen molar-refractivity contribution in [3.63, 3.8) is 0 Å². The number of hydrogen-bond donors (Lipinski definition) is 0. The molecule has 0 N–H and O–H groups in total. The molecule has 3 fully saturated rings. The summed E-state index contributed by atoms with van der Waals surface area (Å²) in [5.41, 5.74) is 4.67. The van der Waals surface area contributed by atoms with Crippen LogP contribution in [-0.4, -0.2) is 96.9 Å². The minimum absolute atomic E-state index is 0.0791. The Morgan fingerprint density at radius 3 is 2.31 bits per heavy atom. The molecule has 0 unspecified atom stereocenters. The smallest absolute Gasteiger partial charge is 0.356 e. The number of rotatable bonds is 8. The van der Waals surface area contributed by atoms with Crippen molar-refractivity contribution in [2.45, 2.75) is 38.3 Å². The van der Waals surface area contributed by atoms with Crippen molar-refractivity contribution in [1.82, 2.24) is 24.3 Å². The number of aromatic nitrogens is 3. The van der Waals surface area contributed by atoms with Gasteiger partial charge in [0.2, 0.25) is 0 Å². The minimum Gasteiger partial charge on any atom is -0.496 e. The van der Waals surface area contributed by atoms with Gasteiger partial charge < -0.3 is 23.7 Å². The molecular weight excluding hydrogens is 608 g/mol. The number of ether oxygens (including phenoxy) is 3. The zero-order valence-corrected chi connectivity index (χ0v) is 28.3. The maximum absolute atomic E-state index is 12.8. The number of pyridine rings is 3. The topological polar surface area (TPSA) is 102 Å². The van der Waals surface area contributed by atoms with Crippen molar-refractivity contribution in [2.24, 2.45) is 12.5 Å². The Balaban J connectivity index is 0.954. The molecule has 0 amide bonds. The van der Waals surface area contributed by atoms with Crippen LogP contribution in [0.5, 0.6) is 11.5 Å². The fourth-order valence-corrected chi connectivity index (χ4v) is 7.99. The summed E-state index contributed by atoms with van der Waals surface area (Å²) in [6.45, 7) is 7.00. The fourth-order valence-electron chi connectivity index (χ4n) is 7.99. The zero-order chi connectivity index (χ0) is 33.4. The molecule has 11 nitrogen and oxygen atoms in total. The standard InChI is InChI=1S/C37H44N6O5/c1-40-24-31(28-7-10-38-22-30(28)35(40)44)29-18-33(46-2)25(17-34(29)47-3)23-41-13-15-43(16-14-41)27-19-37(20-27)8-11-42(12-9-37)26-5-6-32(39-21-26)36(45)48-4/h5-7,10,17-18,21-22,24,27H,8-9,11-16,19-20,23H2,1-4H3. The number of piperazine rings is 1. The summed E-state index contributed by atoms with van der Waals surface area (Å²) in [6, 6.07) is 10.4. The largest absolute Gasteiger partial charge is 0.496 e. The third-order valence-corrected chi connectivity index (χ3v) is 10.9. The number of hydrogen-bond acceptors (Lipinski definition) is 10. The molecule has 4 aromatic rings. The van der Waals surface area contributed by atoms with Crippen molar-refractivity contribution in [1.29, 1.82) is 0 Å². The number of piperidine rings is 1. The van der Waals surface area contributed by atoms with E-state index in [1.165, 1.54) is 32.8 Å². The van der Waals surface area contributed by atoms with Gasteiger partial charge in [-0.25, -0.2) is 9.78 Å². The molecule has 2 saturated heterocycles. The van der Waals surface area contributed by atoms with Crippen LogP contribution in [0.15, 0.2) is 59.9 Å². The van der Waals surface area contributed by atoms with Crippen LogP contribution < -0.4 is 19.9 Å². The van der Waals surface area contributed by atoms with Gasteiger partial charge in [0.15, 0.2) is 0 Å². The first-order valence-corrected chi connectivity index (χ1v) is 16.8. The maximum atomic E-state index is 12.8. The molecule has 1 aromatic carbocycles. The number of carbonyl (C=O) groups is 1. The van der Waals surface area contributed by atoms with Gasteiger partial charge in [-0.1, -0.05) is 0 Å². The maximum Gasteiger partial charge on any atom is 0.356 e. The highest BCUT2D eigenvalue weighted by Crippen LogP contribution is 2.51. The Morgan fingerprint density at radius 1 is 0.896 bits per heavy atom. The van der Waals surface area contributed by atoms with Gasteiger partial charge in [-0.05, 0) is 66.8 Å². The molecule has 2 aliphatic heterocycles. The molecule has 7 rings (SSSR count). The number of nitrogens with zero attached hydrogens (tertiary/aromatic N) is 6. The van der Waals surface area contributed by atoms with Crippen LogP contribution in [0.2, 0.25) is 0 Å². The van der Waals surface area contributed by atoms with E-state index in [1.807, 2.05) is 24.4 Å². The highest BCUT2D eigenvalue weighted by Gasteiger charge is 2.48. The van der Waals surface area contributed by atoms with E-state index in [0.29, 0.717) is 22.5 Å². The van der Waals surface area contributed by atoms with Crippen LogP contribution >= 0.6 is 0 Å². The summed E-state index contributed by atoms with van der Waals surface area (Å²) in [7, 11) is 6.54. The second-order valence-corrected chi connectivity index (χ2v) is 13.5. The molecule has 3 aliphatic rings. The Labute approximate surface area is 281 Å². The highest BCUT2D eigenvalue weighted by molar-refractivity contribution is 5.97. The third-order valence-electron chi connectivity index (χ3n) is 10.9. The minimum atomic E-state index is -0.402. The molecule has 0 atom stereocenters. The summed E-state index contributed by atoms with van der Waals surface area (Å²) in [4.78, 5) is 40.6. The van der Waals surface area contributed by atoms with Gasteiger partial charge in [-0.2, -0.15) is 0 Å². The number of aryl methyl sites for hydroxylation is 1.